The number of anilines is 1. The molecule has 0 aliphatic heterocycles. The summed E-state index contributed by atoms with van der Waals surface area (Å²) >= 11 is 3.25. The van der Waals surface area contributed by atoms with Crippen LogP contribution in [0.15, 0.2) is 45.7 Å². The van der Waals surface area contributed by atoms with E-state index in [0.717, 1.165) is 12.0 Å². The van der Waals surface area contributed by atoms with Gasteiger partial charge in [-0.1, -0.05) is 19.1 Å². The molecule has 0 radical (unpaired) electrons. The van der Waals surface area contributed by atoms with Crippen LogP contribution in [0.5, 0.6) is 0 Å². The Morgan fingerprint density at radius 3 is 2.80 bits per heavy atom. The molecule has 0 unspecified atom stereocenters. The Labute approximate surface area is 126 Å². The molecule has 0 fully saturated rings. The number of nitrogens with two attached hydrogens (primary N) is 1. The molecule has 0 atom stereocenters. The number of nitrogen functional groups attached to an aromatic ring is 1. The van der Waals surface area contributed by atoms with Crippen LogP contribution in [-0.2, 0) is 6.54 Å². The third kappa shape index (κ3) is 3.42. The van der Waals surface area contributed by atoms with E-state index < -0.39 is 0 Å². The van der Waals surface area contributed by atoms with Gasteiger partial charge in [-0.05, 0) is 46.1 Å². The van der Waals surface area contributed by atoms with Crippen molar-refractivity contribution in [3.8, 4) is 0 Å². The summed E-state index contributed by atoms with van der Waals surface area (Å²) in [6.07, 6.45) is 2.39. The monoisotopic (exact) mass is 336 g/mol. The van der Waals surface area contributed by atoms with Gasteiger partial charge in [0.05, 0.1) is 11.8 Å². The molecule has 0 saturated heterocycles. The Bertz CT molecular complexity index is 595. The molecule has 0 saturated carbocycles. The first-order valence-electron chi connectivity index (χ1n) is 6.48. The minimum Gasteiger partial charge on any atom is -0.457 e. The first-order chi connectivity index (χ1) is 9.61. The maximum atomic E-state index is 12.5. The fraction of sp³-hybridized carbons (Fsp3) is 0.267. The van der Waals surface area contributed by atoms with Crippen molar-refractivity contribution in [2.45, 2.75) is 19.9 Å². The molecule has 106 valence electrons. The van der Waals surface area contributed by atoms with Crippen LogP contribution in [0, 0.1) is 0 Å². The van der Waals surface area contributed by atoms with Gasteiger partial charge in [0, 0.05) is 18.8 Å². The number of nitrogens with zero attached hydrogens (tertiary/aromatic N) is 1. The highest BCUT2D eigenvalue weighted by molar-refractivity contribution is 9.10. The standard InChI is InChI=1S/C15H17BrN2O2/c1-2-7-18(10-11-4-3-5-12(17)9-11)15(19)13-6-8-20-14(13)16/h3-6,8-9H,2,7,10,17H2,1H3. The smallest absolute Gasteiger partial charge is 0.258 e. The predicted octanol–water partition coefficient (Wildman–Crippen LogP) is 3.68. The molecule has 0 bridgehead atoms. The van der Waals surface area contributed by atoms with E-state index in [-0.39, 0.29) is 5.91 Å². The second-order valence-electron chi connectivity index (χ2n) is 4.58. The number of hydrogen-bond donors (Lipinski definition) is 1. The lowest BCUT2D eigenvalue weighted by Gasteiger charge is -2.22. The van der Waals surface area contributed by atoms with Crippen molar-refractivity contribution in [3.63, 3.8) is 0 Å². The summed E-state index contributed by atoms with van der Waals surface area (Å²) in [5.41, 5.74) is 8.05. The number of benzene rings is 1. The molecule has 2 N–H and O–H groups in total. The molecule has 1 aromatic carbocycles. The van der Waals surface area contributed by atoms with Crippen LogP contribution in [0.4, 0.5) is 5.69 Å². The minimum atomic E-state index is -0.0464. The highest BCUT2D eigenvalue weighted by Gasteiger charge is 2.19. The van der Waals surface area contributed by atoms with Crippen LogP contribution in [0.2, 0.25) is 0 Å². The van der Waals surface area contributed by atoms with Crippen LogP contribution in [0.1, 0.15) is 29.3 Å². The SMILES string of the molecule is CCCN(Cc1cccc(N)c1)C(=O)c1ccoc1Br. The number of halogens is 1. The number of carbonyl (C=O) groups is 1. The lowest BCUT2D eigenvalue weighted by Crippen LogP contribution is -2.31. The highest BCUT2D eigenvalue weighted by Crippen LogP contribution is 2.21. The summed E-state index contributed by atoms with van der Waals surface area (Å²) in [5.74, 6) is -0.0464. The van der Waals surface area contributed by atoms with Crippen LogP contribution < -0.4 is 5.73 Å². The van der Waals surface area contributed by atoms with Gasteiger partial charge in [-0.2, -0.15) is 0 Å². The van der Waals surface area contributed by atoms with E-state index in [0.29, 0.717) is 29.0 Å². The van der Waals surface area contributed by atoms with Gasteiger partial charge < -0.3 is 15.1 Å². The van der Waals surface area contributed by atoms with E-state index in [2.05, 4.69) is 15.9 Å². The third-order valence-corrected chi connectivity index (χ3v) is 3.57. The highest BCUT2D eigenvalue weighted by atomic mass is 79.9. The van der Waals surface area contributed by atoms with Crippen molar-refractivity contribution in [3.05, 3.63) is 52.4 Å². The number of amides is 1. The molecular weight excluding hydrogens is 320 g/mol. The van der Waals surface area contributed by atoms with Crippen molar-refractivity contribution >= 4 is 27.5 Å². The molecule has 4 nitrogen and oxygen atoms in total. The molecule has 2 rings (SSSR count). The van der Waals surface area contributed by atoms with Gasteiger partial charge in [-0.3, -0.25) is 4.79 Å². The number of furan rings is 1. The second-order valence-corrected chi connectivity index (χ2v) is 5.30. The Balaban J connectivity index is 2.19. The molecule has 1 amide bonds. The van der Waals surface area contributed by atoms with Gasteiger partial charge in [0.2, 0.25) is 0 Å². The van der Waals surface area contributed by atoms with E-state index >= 15 is 0 Å². The van der Waals surface area contributed by atoms with Crippen LogP contribution in [0.25, 0.3) is 0 Å². The Morgan fingerprint density at radius 2 is 2.20 bits per heavy atom. The summed E-state index contributed by atoms with van der Waals surface area (Å²) in [6.45, 7) is 3.27. The number of rotatable bonds is 5. The van der Waals surface area contributed by atoms with E-state index in [1.165, 1.54) is 6.26 Å². The molecule has 2 aromatic rings. The fourth-order valence-corrected chi connectivity index (χ4v) is 2.46. The summed E-state index contributed by atoms with van der Waals surface area (Å²) in [6, 6.07) is 9.26. The molecule has 0 aliphatic rings. The van der Waals surface area contributed by atoms with E-state index in [4.69, 9.17) is 10.2 Å². The Morgan fingerprint density at radius 1 is 1.40 bits per heavy atom. The van der Waals surface area contributed by atoms with Crippen LogP contribution in [0.3, 0.4) is 0 Å². The summed E-state index contributed by atoms with van der Waals surface area (Å²) in [5, 5.41) is 0. The lowest BCUT2D eigenvalue weighted by atomic mass is 10.1. The number of hydrogen-bond acceptors (Lipinski definition) is 3. The molecule has 1 heterocycles. The molecule has 0 aliphatic carbocycles. The van der Waals surface area contributed by atoms with Crippen molar-refractivity contribution in [2.75, 3.05) is 12.3 Å². The molecular formula is C15H17BrN2O2. The first-order valence-corrected chi connectivity index (χ1v) is 7.27. The summed E-state index contributed by atoms with van der Waals surface area (Å²) < 4.78 is 5.60. The van der Waals surface area contributed by atoms with Gasteiger partial charge in [0.15, 0.2) is 4.67 Å². The minimum absolute atomic E-state index is 0.0464. The van der Waals surface area contributed by atoms with Gasteiger partial charge in [-0.25, -0.2) is 0 Å². The van der Waals surface area contributed by atoms with Crippen LogP contribution >= 0.6 is 15.9 Å². The number of carbonyl (C=O) groups excluding carboxylic acids is 1. The normalized spacial score (nSPS) is 10.5. The maximum absolute atomic E-state index is 12.5. The lowest BCUT2D eigenvalue weighted by molar-refractivity contribution is 0.0741. The van der Waals surface area contributed by atoms with Gasteiger partial charge in [-0.15, -0.1) is 0 Å². The topological polar surface area (TPSA) is 59.5 Å². The van der Waals surface area contributed by atoms with Crippen LogP contribution in [-0.4, -0.2) is 17.4 Å². The fourth-order valence-electron chi connectivity index (χ4n) is 2.05. The third-order valence-electron chi connectivity index (χ3n) is 2.95. The Hall–Kier alpha value is -1.75. The zero-order valence-electron chi connectivity index (χ0n) is 11.3. The molecule has 0 spiro atoms. The zero-order chi connectivity index (χ0) is 14.5. The van der Waals surface area contributed by atoms with Crippen molar-refractivity contribution in [1.29, 1.82) is 0 Å². The van der Waals surface area contributed by atoms with E-state index in [1.54, 1.807) is 11.0 Å². The van der Waals surface area contributed by atoms with Crippen molar-refractivity contribution in [2.24, 2.45) is 0 Å². The van der Waals surface area contributed by atoms with Gasteiger partial charge in [0.25, 0.3) is 5.91 Å². The first kappa shape index (κ1) is 14.7. The average molecular weight is 337 g/mol. The molecule has 20 heavy (non-hydrogen) atoms. The van der Waals surface area contributed by atoms with E-state index in [1.807, 2.05) is 31.2 Å². The predicted molar refractivity (Wildman–Crippen MR) is 82.3 cm³/mol. The van der Waals surface area contributed by atoms with Gasteiger partial charge in [0.1, 0.15) is 0 Å². The second kappa shape index (κ2) is 6.61. The van der Waals surface area contributed by atoms with Gasteiger partial charge >= 0.3 is 0 Å². The zero-order valence-corrected chi connectivity index (χ0v) is 12.9. The Kier molecular flexibility index (Phi) is 4.84. The summed E-state index contributed by atoms with van der Waals surface area (Å²) in [4.78, 5) is 14.3. The van der Waals surface area contributed by atoms with E-state index in [9.17, 15) is 4.79 Å². The molecule has 1 aromatic heterocycles. The van der Waals surface area contributed by atoms with Crippen molar-refractivity contribution in [1.82, 2.24) is 4.90 Å². The van der Waals surface area contributed by atoms with Crippen molar-refractivity contribution < 1.29 is 9.21 Å². The maximum Gasteiger partial charge on any atom is 0.258 e. The molecule has 5 heteroatoms. The largest absolute Gasteiger partial charge is 0.457 e. The quantitative estimate of drug-likeness (QED) is 0.847. The average Bonchev–Trinajstić information content (AvgIpc) is 2.84. The summed E-state index contributed by atoms with van der Waals surface area (Å²) in [7, 11) is 0.